The number of rotatable bonds is 5. The maximum Gasteiger partial charge on any atom is 0.337 e. The van der Waals surface area contributed by atoms with E-state index in [1.807, 2.05) is 6.07 Å². The smallest absolute Gasteiger partial charge is 0.337 e. The first kappa shape index (κ1) is 17.5. The highest BCUT2D eigenvalue weighted by Crippen LogP contribution is 2.20. The Morgan fingerprint density at radius 1 is 1.21 bits per heavy atom. The van der Waals surface area contributed by atoms with Crippen LogP contribution in [0.4, 0.5) is 5.69 Å². The lowest BCUT2D eigenvalue weighted by Gasteiger charge is -2.19. The van der Waals surface area contributed by atoms with Crippen molar-refractivity contribution < 1.29 is 17.9 Å². The van der Waals surface area contributed by atoms with Gasteiger partial charge in [0.15, 0.2) is 0 Å². The van der Waals surface area contributed by atoms with E-state index in [9.17, 15) is 13.2 Å². The number of hydrogen-bond acceptors (Lipinski definition) is 5. The minimum atomic E-state index is -3.67. The Kier molecular flexibility index (Phi) is 5.21. The SMILES string of the molecule is COC(=O)c1cccc(CS(=O)(=O)N(C)c2cccc(C#N)c2)c1. The third-order valence-corrected chi connectivity index (χ3v) is 5.20. The summed E-state index contributed by atoms with van der Waals surface area (Å²) >= 11 is 0. The van der Waals surface area contributed by atoms with Crippen LogP contribution >= 0.6 is 0 Å². The van der Waals surface area contributed by atoms with E-state index in [1.165, 1.54) is 26.3 Å². The fourth-order valence-corrected chi connectivity index (χ4v) is 3.37. The number of sulfonamides is 1. The predicted molar refractivity (Wildman–Crippen MR) is 90.0 cm³/mol. The lowest BCUT2D eigenvalue weighted by molar-refractivity contribution is 0.0600. The van der Waals surface area contributed by atoms with Crippen molar-refractivity contribution >= 4 is 21.7 Å². The molecule has 0 N–H and O–H groups in total. The summed E-state index contributed by atoms with van der Waals surface area (Å²) in [6, 6.07) is 14.6. The maximum absolute atomic E-state index is 12.6. The number of carbonyl (C=O) groups is 1. The lowest BCUT2D eigenvalue weighted by Crippen LogP contribution is -2.28. The Hall–Kier alpha value is -2.85. The topological polar surface area (TPSA) is 87.5 Å². The summed E-state index contributed by atoms with van der Waals surface area (Å²) in [5.74, 6) is -0.796. The van der Waals surface area contributed by atoms with E-state index in [-0.39, 0.29) is 5.75 Å². The van der Waals surface area contributed by atoms with Crippen LogP contribution in [0.3, 0.4) is 0 Å². The molecule has 0 bridgehead atoms. The van der Waals surface area contributed by atoms with Crippen LogP contribution in [-0.4, -0.2) is 28.5 Å². The monoisotopic (exact) mass is 344 g/mol. The molecule has 6 nitrogen and oxygen atoms in total. The molecule has 2 aromatic carbocycles. The number of carbonyl (C=O) groups excluding carboxylic acids is 1. The van der Waals surface area contributed by atoms with Crippen molar-refractivity contribution in [1.29, 1.82) is 5.26 Å². The summed E-state index contributed by atoms with van der Waals surface area (Å²) in [5, 5.41) is 8.93. The molecule has 2 rings (SSSR count). The van der Waals surface area contributed by atoms with Crippen molar-refractivity contribution in [2.75, 3.05) is 18.5 Å². The summed E-state index contributed by atoms with van der Waals surface area (Å²) in [6.07, 6.45) is 0. The zero-order valence-corrected chi connectivity index (χ0v) is 14.1. The number of ether oxygens (including phenoxy) is 1. The van der Waals surface area contributed by atoms with Crippen molar-refractivity contribution in [1.82, 2.24) is 0 Å². The largest absolute Gasteiger partial charge is 0.465 e. The number of nitriles is 1. The van der Waals surface area contributed by atoms with Gasteiger partial charge in [-0.25, -0.2) is 13.2 Å². The summed E-state index contributed by atoms with van der Waals surface area (Å²) in [4.78, 5) is 11.5. The van der Waals surface area contributed by atoms with Gasteiger partial charge in [0.25, 0.3) is 0 Å². The van der Waals surface area contributed by atoms with Crippen LogP contribution in [-0.2, 0) is 20.5 Å². The van der Waals surface area contributed by atoms with Crippen molar-refractivity contribution in [2.45, 2.75) is 5.75 Å². The molecular formula is C17H16N2O4S. The van der Waals surface area contributed by atoms with Crippen LogP contribution < -0.4 is 4.31 Å². The molecule has 24 heavy (non-hydrogen) atoms. The molecule has 0 atom stereocenters. The van der Waals surface area contributed by atoms with Gasteiger partial charge in [0, 0.05) is 7.05 Å². The second-order valence-corrected chi connectivity index (χ2v) is 7.08. The summed E-state index contributed by atoms with van der Waals surface area (Å²) in [7, 11) is -0.977. The van der Waals surface area contributed by atoms with Gasteiger partial charge in [0.1, 0.15) is 0 Å². The molecule has 0 fully saturated rings. The Morgan fingerprint density at radius 2 is 1.92 bits per heavy atom. The fraction of sp³-hybridized carbons (Fsp3) is 0.176. The molecule has 0 aliphatic carbocycles. The van der Waals surface area contributed by atoms with Gasteiger partial charge in [-0.1, -0.05) is 18.2 Å². The Bertz CT molecular complexity index is 901. The van der Waals surface area contributed by atoms with Crippen molar-refractivity contribution in [3.05, 3.63) is 65.2 Å². The van der Waals surface area contributed by atoms with Crippen LogP contribution in [0.2, 0.25) is 0 Å². The highest BCUT2D eigenvalue weighted by Gasteiger charge is 2.20. The number of anilines is 1. The number of methoxy groups -OCH3 is 1. The molecule has 7 heteroatoms. The van der Waals surface area contributed by atoms with Gasteiger partial charge in [-0.3, -0.25) is 4.31 Å². The molecule has 0 amide bonds. The van der Waals surface area contributed by atoms with Gasteiger partial charge in [-0.2, -0.15) is 5.26 Å². The second-order valence-electron chi connectivity index (χ2n) is 5.08. The first-order chi connectivity index (χ1) is 11.4. The molecule has 0 saturated carbocycles. The highest BCUT2D eigenvalue weighted by molar-refractivity contribution is 7.92. The molecule has 0 saturated heterocycles. The van der Waals surface area contributed by atoms with Crippen LogP contribution in [0, 0.1) is 11.3 Å². The van der Waals surface area contributed by atoms with Gasteiger partial charge in [-0.15, -0.1) is 0 Å². The molecular weight excluding hydrogens is 328 g/mol. The van der Waals surface area contributed by atoms with E-state index < -0.39 is 16.0 Å². The maximum atomic E-state index is 12.6. The third kappa shape index (κ3) is 3.91. The predicted octanol–water partition coefficient (Wildman–Crippen LogP) is 2.31. The Balaban J connectivity index is 2.28. The average Bonchev–Trinajstić information content (AvgIpc) is 2.60. The standard InChI is InChI=1S/C17H16N2O4S/c1-19(16-8-4-5-13(10-16)11-18)24(21,22)12-14-6-3-7-15(9-14)17(20)23-2/h3-10H,12H2,1-2H3. The van der Waals surface area contributed by atoms with Gasteiger partial charge >= 0.3 is 5.97 Å². The summed E-state index contributed by atoms with van der Waals surface area (Å²) < 4.78 is 30.9. The number of nitrogens with zero attached hydrogens (tertiary/aromatic N) is 2. The van der Waals surface area contributed by atoms with E-state index >= 15 is 0 Å². The Morgan fingerprint density at radius 3 is 2.58 bits per heavy atom. The molecule has 0 spiro atoms. The number of hydrogen-bond donors (Lipinski definition) is 0. The normalized spacial score (nSPS) is 10.7. The minimum Gasteiger partial charge on any atom is -0.465 e. The van der Waals surface area contributed by atoms with Gasteiger partial charge in [0.05, 0.1) is 35.7 Å². The quantitative estimate of drug-likeness (QED) is 0.777. The number of benzene rings is 2. The van der Waals surface area contributed by atoms with Crippen LogP contribution in [0.1, 0.15) is 21.5 Å². The molecule has 0 radical (unpaired) electrons. The second kappa shape index (κ2) is 7.15. The molecule has 0 aliphatic heterocycles. The van der Waals surface area contributed by atoms with E-state index in [4.69, 9.17) is 5.26 Å². The molecule has 2 aromatic rings. The van der Waals surface area contributed by atoms with E-state index in [0.717, 1.165) is 4.31 Å². The fourth-order valence-electron chi connectivity index (χ4n) is 2.15. The van der Waals surface area contributed by atoms with Crippen molar-refractivity contribution in [2.24, 2.45) is 0 Å². The summed E-state index contributed by atoms with van der Waals surface area (Å²) in [5.41, 5.74) is 1.54. The molecule has 0 unspecified atom stereocenters. The van der Waals surface area contributed by atoms with Crippen LogP contribution in [0.15, 0.2) is 48.5 Å². The lowest BCUT2D eigenvalue weighted by atomic mass is 10.1. The van der Waals surface area contributed by atoms with Crippen molar-refractivity contribution in [3.8, 4) is 6.07 Å². The summed E-state index contributed by atoms with van der Waals surface area (Å²) in [6.45, 7) is 0. The first-order valence-electron chi connectivity index (χ1n) is 7.01. The van der Waals surface area contributed by atoms with Gasteiger partial charge in [0.2, 0.25) is 10.0 Å². The number of esters is 1. The zero-order chi connectivity index (χ0) is 17.7. The zero-order valence-electron chi connectivity index (χ0n) is 13.3. The van der Waals surface area contributed by atoms with Gasteiger partial charge < -0.3 is 4.74 Å². The van der Waals surface area contributed by atoms with Crippen LogP contribution in [0.25, 0.3) is 0 Å². The highest BCUT2D eigenvalue weighted by atomic mass is 32.2. The van der Waals surface area contributed by atoms with E-state index in [2.05, 4.69) is 4.74 Å². The van der Waals surface area contributed by atoms with Crippen LogP contribution in [0.5, 0.6) is 0 Å². The Labute approximate surface area is 141 Å². The molecule has 0 aliphatic rings. The molecule has 0 heterocycles. The van der Waals surface area contributed by atoms with Crippen molar-refractivity contribution in [3.63, 3.8) is 0 Å². The van der Waals surface area contributed by atoms with Gasteiger partial charge in [-0.05, 0) is 35.9 Å². The first-order valence-corrected chi connectivity index (χ1v) is 8.62. The minimum absolute atomic E-state index is 0.273. The molecule has 0 aromatic heterocycles. The third-order valence-electron chi connectivity index (χ3n) is 3.45. The average molecular weight is 344 g/mol. The van der Waals surface area contributed by atoms with E-state index in [1.54, 1.807) is 36.4 Å². The van der Waals surface area contributed by atoms with E-state index in [0.29, 0.717) is 22.4 Å². The molecule has 124 valence electrons.